The SMILES string of the molecule is CCc1onc(C)c1[C@H]1CCCN1C(=O)Nc1ccc(C)c(Cl)c1. The van der Waals surface area contributed by atoms with Crippen LogP contribution in [0.25, 0.3) is 0 Å². The molecule has 0 unspecified atom stereocenters. The first-order chi connectivity index (χ1) is 11.5. The maximum atomic E-state index is 12.7. The summed E-state index contributed by atoms with van der Waals surface area (Å²) >= 11 is 6.14. The van der Waals surface area contributed by atoms with Crippen LogP contribution in [0.4, 0.5) is 10.5 Å². The Morgan fingerprint density at radius 3 is 2.96 bits per heavy atom. The third-order valence-electron chi connectivity index (χ3n) is 4.57. The van der Waals surface area contributed by atoms with E-state index in [0.29, 0.717) is 10.7 Å². The molecule has 3 rings (SSSR count). The summed E-state index contributed by atoms with van der Waals surface area (Å²) in [6, 6.07) is 5.46. The molecule has 1 atom stereocenters. The van der Waals surface area contributed by atoms with E-state index in [2.05, 4.69) is 10.5 Å². The maximum Gasteiger partial charge on any atom is 0.322 e. The molecule has 1 saturated heterocycles. The fourth-order valence-electron chi connectivity index (χ4n) is 3.28. The van der Waals surface area contributed by atoms with Crippen LogP contribution in [0.5, 0.6) is 0 Å². The van der Waals surface area contributed by atoms with E-state index in [9.17, 15) is 4.79 Å². The molecule has 0 saturated carbocycles. The lowest BCUT2D eigenvalue weighted by atomic mass is 10.0. The van der Waals surface area contributed by atoms with Crippen LogP contribution in [0.3, 0.4) is 0 Å². The molecule has 2 heterocycles. The predicted octanol–water partition coefficient (Wildman–Crippen LogP) is 4.88. The minimum atomic E-state index is -0.111. The number of rotatable bonds is 3. The van der Waals surface area contributed by atoms with Gasteiger partial charge in [-0.15, -0.1) is 0 Å². The van der Waals surface area contributed by atoms with Gasteiger partial charge in [-0.3, -0.25) is 0 Å². The van der Waals surface area contributed by atoms with Gasteiger partial charge in [-0.05, 0) is 44.4 Å². The van der Waals surface area contributed by atoms with Gasteiger partial charge in [0, 0.05) is 29.2 Å². The molecule has 128 valence electrons. The Balaban J connectivity index is 1.81. The zero-order chi connectivity index (χ0) is 17.3. The molecule has 0 aliphatic carbocycles. The van der Waals surface area contributed by atoms with Gasteiger partial charge in [0.2, 0.25) is 0 Å². The number of benzene rings is 1. The first-order valence-electron chi connectivity index (χ1n) is 8.30. The molecule has 2 aromatic rings. The van der Waals surface area contributed by atoms with E-state index >= 15 is 0 Å². The van der Waals surface area contributed by atoms with Crippen molar-refractivity contribution in [1.29, 1.82) is 0 Å². The van der Waals surface area contributed by atoms with Crippen molar-refractivity contribution in [2.75, 3.05) is 11.9 Å². The summed E-state index contributed by atoms with van der Waals surface area (Å²) in [6.45, 7) is 6.64. The molecule has 2 amide bonds. The molecule has 0 spiro atoms. The number of hydrogen-bond acceptors (Lipinski definition) is 3. The monoisotopic (exact) mass is 347 g/mol. The number of nitrogens with one attached hydrogen (secondary N) is 1. The zero-order valence-electron chi connectivity index (χ0n) is 14.2. The summed E-state index contributed by atoms with van der Waals surface area (Å²) in [5.41, 5.74) is 3.63. The van der Waals surface area contributed by atoms with Crippen LogP contribution >= 0.6 is 11.6 Å². The molecule has 1 aliphatic rings. The number of urea groups is 1. The largest absolute Gasteiger partial charge is 0.361 e. The van der Waals surface area contributed by atoms with Gasteiger partial charge in [-0.2, -0.15) is 0 Å². The number of carbonyl (C=O) groups is 1. The third kappa shape index (κ3) is 3.13. The molecule has 0 radical (unpaired) electrons. The van der Waals surface area contributed by atoms with E-state index in [4.69, 9.17) is 16.1 Å². The van der Waals surface area contributed by atoms with Crippen molar-refractivity contribution in [3.05, 3.63) is 45.8 Å². The average Bonchev–Trinajstić information content (AvgIpc) is 3.16. The van der Waals surface area contributed by atoms with Gasteiger partial charge in [0.25, 0.3) is 0 Å². The van der Waals surface area contributed by atoms with E-state index < -0.39 is 0 Å². The van der Waals surface area contributed by atoms with Gasteiger partial charge in [0.1, 0.15) is 5.76 Å². The number of likely N-dealkylation sites (tertiary alicyclic amines) is 1. The molecule has 5 nitrogen and oxygen atoms in total. The van der Waals surface area contributed by atoms with Crippen LogP contribution in [0.1, 0.15) is 48.4 Å². The van der Waals surface area contributed by atoms with Crippen molar-refractivity contribution in [2.45, 2.75) is 46.1 Å². The van der Waals surface area contributed by atoms with E-state index in [1.54, 1.807) is 6.07 Å². The van der Waals surface area contributed by atoms with Crippen LogP contribution in [0.2, 0.25) is 5.02 Å². The number of anilines is 1. The van der Waals surface area contributed by atoms with Crippen LogP contribution in [-0.2, 0) is 6.42 Å². The van der Waals surface area contributed by atoms with Gasteiger partial charge in [0.15, 0.2) is 0 Å². The highest BCUT2D eigenvalue weighted by molar-refractivity contribution is 6.31. The molecule has 6 heteroatoms. The molecular formula is C18H22ClN3O2. The number of aryl methyl sites for hydroxylation is 3. The minimum Gasteiger partial charge on any atom is -0.361 e. The summed E-state index contributed by atoms with van der Waals surface area (Å²) < 4.78 is 5.41. The van der Waals surface area contributed by atoms with E-state index in [-0.39, 0.29) is 12.1 Å². The highest BCUT2D eigenvalue weighted by atomic mass is 35.5. The normalized spacial score (nSPS) is 17.3. The van der Waals surface area contributed by atoms with Crippen molar-refractivity contribution in [2.24, 2.45) is 0 Å². The van der Waals surface area contributed by atoms with Gasteiger partial charge in [-0.1, -0.05) is 29.7 Å². The molecule has 1 aliphatic heterocycles. The number of aromatic nitrogens is 1. The summed E-state index contributed by atoms with van der Waals surface area (Å²) in [5.74, 6) is 0.871. The Kier molecular flexibility index (Phi) is 4.81. The van der Waals surface area contributed by atoms with Crippen LogP contribution in [0.15, 0.2) is 22.7 Å². The Hall–Kier alpha value is -2.01. The molecule has 0 bridgehead atoms. The number of halogens is 1. The lowest BCUT2D eigenvalue weighted by Gasteiger charge is -2.25. The standard InChI is InChI=1S/C18H22ClN3O2/c1-4-16-17(12(3)21-24-16)15-6-5-9-22(15)18(23)20-13-8-7-11(2)14(19)10-13/h7-8,10,15H,4-6,9H2,1-3H3,(H,20,23)/t15-/m1/s1. The van der Waals surface area contributed by atoms with E-state index in [0.717, 1.165) is 48.4 Å². The Bertz CT molecular complexity index is 757. The predicted molar refractivity (Wildman–Crippen MR) is 94.5 cm³/mol. The van der Waals surface area contributed by atoms with E-state index in [1.807, 2.05) is 37.8 Å². The molecule has 1 aromatic heterocycles. The Morgan fingerprint density at radius 2 is 2.25 bits per heavy atom. The summed E-state index contributed by atoms with van der Waals surface area (Å²) in [4.78, 5) is 14.6. The van der Waals surface area contributed by atoms with Gasteiger partial charge in [-0.25, -0.2) is 4.79 Å². The first-order valence-corrected chi connectivity index (χ1v) is 8.68. The number of hydrogen-bond donors (Lipinski definition) is 1. The number of nitrogens with zero attached hydrogens (tertiary/aromatic N) is 2. The van der Waals surface area contributed by atoms with Crippen molar-refractivity contribution in [3.63, 3.8) is 0 Å². The highest BCUT2D eigenvalue weighted by Crippen LogP contribution is 2.36. The van der Waals surface area contributed by atoms with Crippen molar-refractivity contribution >= 4 is 23.3 Å². The lowest BCUT2D eigenvalue weighted by Crippen LogP contribution is -2.34. The maximum absolute atomic E-state index is 12.7. The molecule has 1 fully saturated rings. The van der Waals surface area contributed by atoms with Gasteiger partial charge in [0.05, 0.1) is 11.7 Å². The van der Waals surface area contributed by atoms with E-state index in [1.165, 1.54) is 0 Å². The fourth-order valence-corrected chi connectivity index (χ4v) is 3.46. The third-order valence-corrected chi connectivity index (χ3v) is 4.98. The molecular weight excluding hydrogens is 326 g/mol. The lowest BCUT2D eigenvalue weighted by molar-refractivity contribution is 0.206. The molecule has 1 N–H and O–H groups in total. The average molecular weight is 348 g/mol. The summed E-state index contributed by atoms with van der Waals surface area (Å²) in [7, 11) is 0. The minimum absolute atomic E-state index is 0.0205. The molecule has 24 heavy (non-hydrogen) atoms. The second-order valence-electron chi connectivity index (χ2n) is 6.20. The van der Waals surface area contributed by atoms with Gasteiger partial charge < -0.3 is 14.7 Å². The van der Waals surface area contributed by atoms with Crippen molar-refractivity contribution in [3.8, 4) is 0 Å². The van der Waals surface area contributed by atoms with Crippen LogP contribution in [-0.4, -0.2) is 22.6 Å². The fraction of sp³-hybridized carbons (Fsp3) is 0.444. The molecule has 1 aromatic carbocycles. The van der Waals surface area contributed by atoms with Crippen LogP contribution < -0.4 is 5.32 Å². The second kappa shape index (κ2) is 6.85. The quantitative estimate of drug-likeness (QED) is 0.861. The first kappa shape index (κ1) is 16.8. The summed E-state index contributed by atoms with van der Waals surface area (Å²) in [5, 5.41) is 7.68. The van der Waals surface area contributed by atoms with Crippen molar-refractivity contribution < 1.29 is 9.32 Å². The second-order valence-corrected chi connectivity index (χ2v) is 6.61. The van der Waals surface area contributed by atoms with Crippen molar-refractivity contribution in [1.82, 2.24) is 10.1 Å². The Labute approximate surface area is 147 Å². The van der Waals surface area contributed by atoms with Gasteiger partial charge >= 0.3 is 6.03 Å². The Morgan fingerprint density at radius 1 is 1.46 bits per heavy atom. The zero-order valence-corrected chi connectivity index (χ0v) is 15.0. The topological polar surface area (TPSA) is 58.4 Å². The summed E-state index contributed by atoms with van der Waals surface area (Å²) in [6.07, 6.45) is 2.67. The number of amides is 2. The number of carbonyl (C=O) groups excluding carboxylic acids is 1. The van der Waals surface area contributed by atoms with Crippen LogP contribution in [0, 0.1) is 13.8 Å². The smallest absolute Gasteiger partial charge is 0.322 e. The highest BCUT2D eigenvalue weighted by Gasteiger charge is 2.34.